The van der Waals surface area contributed by atoms with Crippen LogP contribution < -0.4 is 5.32 Å². The van der Waals surface area contributed by atoms with Gasteiger partial charge in [0.05, 0.1) is 0 Å². The lowest BCUT2D eigenvalue weighted by atomic mass is 10.2. The van der Waals surface area contributed by atoms with E-state index in [9.17, 15) is 0 Å². The average Bonchev–Trinajstić information content (AvgIpc) is 3.22. The van der Waals surface area contributed by atoms with Gasteiger partial charge in [-0.1, -0.05) is 47.6 Å². The standard InChI is InChI=1S/C16H16ClNS/c17-13-5-3-6-15(10-13)19-16-7-2-1-4-12(16)11-18-14-8-9-14/h1-7,10,14,18H,8-9,11H2. The van der Waals surface area contributed by atoms with E-state index in [1.165, 1.54) is 28.2 Å². The Morgan fingerprint density at radius 3 is 2.74 bits per heavy atom. The Labute approximate surface area is 123 Å². The van der Waals surface area contributed by atoms with Crippen LogP contribution in [-0.4, -0.2) is 6.04 Å². The van der Waals surface area contributed by atoms with Crippen molar-refractivity contribution in [3.8, 4) is 0 Å². The Morgan fingerprint density at radius 2 is 1.95 bits per heavy atom. The van der Waals surface area contributed by atoms with Crippen molar-refractivity contribution in [1.29, 1.82) is 0 Å². The summed E-state index contributed by atoms with van der Waals surface area (Å²) in [6.45, 7) is 0.953. The van der Waals surface area contributed by atoms with Crippen molar-refractivity contribution >= 4 is 23.4 Å². The quantitative estimate of drug-likeness (QED) is 0.853. The van der Waals surface area contributed by atoms with Crippen molar-refractivity contribution in [3.05, 3.63) is 59.1 Å². The van der Waals surface area contributed by atoms with E-state index < -0.39 is 0 Å². The molecule has 0 saturated heterocycles. The maximum Gasteiger partial charge on any atom is 0.0417 e. The molecule has 0 radical (unpaired) electrons. The molecule has 2 aromatic carbocycles. The smallest absolute Gasteiger partial charge is 0.0417 e. The average molecular weight is 290 g/mol. The molecule has 0 aromatic heterocycles. The molecular weight excluding hydrogens is 274 g/mol. The van der Waals surface area contributed by atoms with Gasteiger partial charge in [0.15, 0.2) is 0 Å². The van der Waals surface area contributed by atoms with Crippen molar-refractivity contribution < 1.29 is 0 Å². The molecule has 1 fully saturated rings. The first-order chi connectivity index (χ1) is 9.31. The molecule has 0 unspecified atom stereocenters. The minimum atomic E-state index is 0.740. The second-order valence-electron chi connectivity index (χ2n) is 4.82. The summed E-state index contributed by atoms with van der Waals surface area (Å²) in [5.74, 6) is 0. The van der Waals surface area contributed by atoms with Gasteiger partial charge in [0.2, 0.25) is 0 Å². The van der Waals surface area contributed by atoms with E-state index >= 15 is 0 Å². The molecule has 0 spiro atoms. The van der Waals surface area contributed by atoms with Gasteiger partial charge in [0.1, 0.15) is 0 Å². The molecule has 1 aliphatic carbocycles. The monoisotopic (exact) mass is 289 g/mol. The van der Waals surface area contributed by atoms with Gasteiger partial charge in [-0.05, 0) is 42.7 Å². The van der Waals surface area contributed by atoms with Crippen LogP contribution >= 0.6 is 23.4 Å². The predicted octanol–water partition coefficient (Wildman–Crippen LogP) is 4.74. The highest BCUT2D eigenvalue weighted by Gasteiger charge is 2.20. The summed E-state index contributed by atoms with van der Waals surface area (Å²) in [7, 11) is 0. The molecule has 3 heteroatoms. The summed E-state index contributed by atoms with van der Waals surface area (Å²) in [5.41, 5.74) is 1.36. The number of benzene rings is 2. The number of nitrogens with one attached hydrogen (secondary N) is 1. The highest BCUT2D eigenvalue weighted by molar-refractivity contribution is 7.99. The second-order valence-corrected chi connectivity index (χ2v) is 6.37. The molecule has 19 heavy (non-hydrogen) atoms. The molecule has 1 saturated carbocycles. The van der Waals surface area contributed by atoms with E-state index in [0.29, 0.717) is 0 Å². The van der Waals surface area contributed by atoms with Gasteiger partial charge in [-0.3, -0.25) is 0 Å². The molecule has 2 aromatic rings. The number of rotatable bonds is 5. The molecule has 0 heterocycles. The summed E-state index contributed by atoms with van der Waals surface area (Å²) in [5, 5.41) is 4.36. The van der Waals surface area contributed by atoms with Gasteiger partial charge < -0.3 is 5.32 Å². The van der Waals surface area contributed by atoms with Crippen LogP contribution in [0, 0.1) is 0 Å². The minimum absolute atomic E-state index is 0.740. The van der Waals surface area contributed by atoms with Gasteiger partial charge >= 0.3 is 0 Å². The van der Waals surface area contributed by atoms with E-state index in [2.05, 4.69) is 35.6 Å². The van der Waals surface area contributed by atoms with Crippen LogP contribution in [0.4, 0.5) is 0 Å². The van der Waals surface area contributed by atoms with Crippen LogP contribution in [0.2, 0.25) is 5.02 Å². The molecule has 98 valence electrons. The lowest BCUT2D eigenvalue weighted by molar-refractivity contribution is 0.680. The summed E-state index contributed by atoms with van der Waals surface area (Å²) in [6, 6.07) is 17.3. The number of hydrogen-bond donors (Lipinski definition) is 1. The summed E-state index contributed by atoms with van der Waals surface area (Å²) < 4.78 is 0. The molecule has 0 atom stereocenters. The van der Waals surface area contributed by atoms with Gasteiger partial charge in [-0.2, -0.15) is 0 Å². The Balaban J connectivity index is 1.75. The van der Waals surface area contributed by atoms with E-state index in [1.54, 1.807) is 11.8 Å². The van der Waals surface area contributed by atoms with E-state index in [1.807, 2.05) is 18.2 Å². The molecule has 1 aliphatic rings. The lowest BCUT2D eigenvalue weighted by Crippen LogP contribution is -2.15. The van der Waals surface area contributed by atoms with Crippen molar-refractivity contribution in [3.63, 3.8) is 0 Å². The van der Waals surface area contributed by atoms with Crippen LogP contribution in [0.3, 0.4) is 0 Å². The lowest BCUT2D eigenvalue weighted by Gasteiger charge is -2.10. The molecule has 0 aliphatic heterocycles. The topological polar surface area (TPSA) is 12.0 Å². The first-order valence-corrected chi connectivity index (χ1v) is 7.75. The third kappa shape index (κ3) is 3.75. The Morgan fingerprint density at radius 1 is 1.11 bits per heavy atom. The first kappa shape index (κ1) is 13.0. The fraction of sp³-hybridized carbons (Fsp3) is 0.250. The zero-order valence-electron chi connectivity index (χ0n) is 10.6. The van der Waals surface area contributed by atoms with Crippen LogP contribution in [0.25, 0.3) is 0 Å². The third-order valence-electron chi connectivity index (χ3n) is 3.16. The third-order valence-corrected chi connectivity index (χ3v) is 4.50. The highest BCUT2D eigenvalue weighted by atomic mass is 35.5. The highest BCUT2D eigenvalue weighted by Crippen LogP contribution is 2.32. The molecule has 1 N–H and O–H groups in total. The van der Waals surface area contributed by atoms with Crippen molar-refractivity contribution in [1.82, 2.24) is 5.32 Å². The molecule has 1 nitrogen and oxygen atoms in total. The van der Waals surface area contributed by atoms with Crippen molar-refractivity contribution in [2.24, 2.45) is 0 Å². The number of hydrogen-bond acceptors (Lipinski definition) is 2. The van der Waals surface area contributed by atoms with Gasteiger partial charge in [0.25, 0.3) is 0 Å². The zero-order chi connectivity index (χ0) is 13.1. The number of halogens is 1. The largest absolute Gasteiger partial charge is 0.310 e. The van der Waals surface area contributed by atoms with Gasteiger partial charge in [0, 0.05) is 27.4 Å². The fourth-order valence-electron chi connectivity index (χ4n) is 1.95. The minimum Gasteiger partial charge on any atom is -0.310 e. The molecule has 0 amide bonds. The first-order valence-electron chi connectivity index (χ1n) is 6.56. The second kappa shape index (κ2) is 6.00. The summed E-state index contributed by atoms with van der Waals surface area (Å²) >= 11 is 7.81. The normalized spacial score (nSPS) is 14.6. The van der Waals surface area contributed by atoms with Crippen molar-refractivity contribution in [2.45, 2.75) is 35.2 Å². The maximum atomic E-state index is 6.04. The van der Waals surface area contributed by atoms with Crippen LogP contribution in [0.1, 0.15) is 18.4 Å². The Bertz CT molecular complexity index is 566. The maximum absolute atomic E-state index is 6.04. The Kier molecular flexibility index (Phi) is 4.12. The van der Waals surface area contributed by atoms with Gasteiger partial charge in [-0.15, -0.1) is 0 Å². The predicted molar refractivity (Wildman–Crippen MR) is 81.9 cm³/mol. The summed E-state index contributed by atoms with van der Waals surface area (Å²) in [4.78, 5) is 2.49. The fourth-order valence-corrected chi connectivity index (χ4v) is 3.21. The van der Waals surface area contributed by atoms with Crippen LogP contribution in [-0.2, 0) is 6.54 Å². The molecule has 3 rings (SSSR count). The van der Waals surface area contributed by atoms with Crippen molar-refractivity contribution in [2.75, 3.05) is 0 Å². The SMILES string of the molecule is Clc1cccc(Sc2ccccc2CNC2CC2)c1. The van der Waals surface area contributed by atoms with E-state index in [-0.39, 0.29) is 0 Å². The molecule has 0 bridgehead atoms. The van der Waals surface area contributed by atoms with Crippen LogP contribution in [0.15, 0.2) is 58.3 Å². The molecular formula is C16H16ClNS. The zero-order valence-corrected chi connectivity index (χ0v) is 12.2. The van der Waals surface area contributed by atoms with E-state index in [0.717, 1.165) is 17.6 Å². The summed E-state index contributed by atoms with van der Waals surface area (Å²) in [6.07, 6.45) is 2.65. The van der Waals surface area contributed by atoms with Gasteiger partial charge in [-0.25, -0.2) is 0 Å². The van der Waals surface area contributed by atoms with E-state index in [4.69, 9.17) is 11.6 Å². The Hall–Kier alpha value is -0.960. The van der Waals surface area contributed by atoms with Crippen LogP contribution in [0.5, 0.6) is 0 Å².